The standard InChI is InChI=1S/C20H13Br2F3N6/c1-10-13(9-26)18(27)29-19(28-12-5-3-2-4-6-12)16(10)30-31-17-14(20(23,24)25)7-11(21)8-15(17)22/h2-8H,1H3,(H3,27,28,29)/b31-30+. The van der Waals surface area contributed by atoms with Crippen LogP contribution in [0.4, 0.5) is 41.9 Å². The number of nitrogens with zero attached hydrogens (tertiary/aromatic N) is 4. The van der Waals surface area contributed by atoms with Crippen molar-refractivity contribution < 1.29 is 13.2 Å². The number of hydrogen-bond acceptors (Lipinski definition) is 6. The van der Waals surface area contributed by atoms with Crippen LogP contribution in [0.5, 0.6) is 0 Å². The van der Waals surface area contributed by atoms with Gasteiger partial charge in [0.2, 0.25) is 0 Å². The Kier molecular flexibility index (Phi) is 6.62. The summed E-state index contributed by atoms with van der Waals surface area (Å²) in [6, 6.07) is 13.2. The zero-order valence-electron chi connectivity index (χ0n) is 15.8. The van der Waals surface area contributed by atoms with Crippen LogP contribution in [-0.2, 0) is 6.18 Å². The topological polar surface area (TPSA) is 99.5 Å². The third kappa shape index (κ3) is 5.03. The molecule has 0 aliphatic rings. The molecule has 31 heavy (non-hydrogen) atoms. The lowest BCUT2D eigenvalue weighted by atomic mass is 10.1. The summed E-state index contributed by atoms with van der Waals surface area (Å²) in [4.78, 5) is 4.17. The van der Waals surface area contributed by atoms with E-state index in [0.717, 1.165) is 6.07 Å². The smallest absolute Gasteiger partial charge is 0.383 e. The number of nitriles is 1. The summed E-state index contributed by atoms with van der Waals surface area (Å²) in [5.74, 6) is 0.129. The van der Waals surface area contributed by atoms with Crippen LogP contribution in [0.2, 0.25) is 0 Å². The number of azo groups is 1. The first kappa shape index (κ1) is 22.7. The highest BCUT2D eigenvalue weighted by molar-refractivity contribution is 9.11. The lowest BCUT2D eigenvalue weighted by Crippen LogP contribution is -2.05. The van der Waals surface area contributed by atoms with E-state index < -0.39 is 17.4 Å². The first-order valence-electron chi connectivity index (χ1n) is 8.62. The molecular weight excluding hydrogens is 541 g/mol. The number of alkyl halides is 3. The molecule has 2 aromatic carbocycles. The molecule has 0 atom stereocenters. The lowest BCUT2D eigenvalue weighted by molar-refractivity contribution is -0.137. The molecule has 0 aliphatic heterocycles. The summed E-state index contributed by atoms with van der Waals surface area (Å²) in [6.07, 6.45) is -4.65. The fourth-order valence-electron chi connectivity index (χ4n) is 2.71. The minimum atomic E-state index is -4.65. The molecule has 3 rings (SSSR count). The van der Waals surface area contributed by atoms with E-state index in [4.69, 9.17) is 5.73 Å². The molecule has 0 unspecified atom stereocenters. The van der Waals surface area contributed by atoms with Gasteiger partial charge in [-0.2, -0.15) is 18.4 Å². The molecule has 0 amide bonds. The van der Waals surface area contributed by atoms with Gasteiger partial charge in [0.1, 0.15) is 23.3 Å². The number of benzene rings is 2. The van der Waals surface area contributed by atoms with E-state index in [0.29, 0.717) is 11.3 Å². The van der Waals surface area contributed by atoms with Crippen molar-refractivity contribution in [3.8, 4) is 6.07 Å². The minimum Gasteiger partial charge on any atom is -0.383 e. The Morgan fingerprint density at radius 2 is 1.74 bits per heavy atom. The number of hydrogen-bond donors (Lipinski definition) is 2. The monoisotopic (exact) mass is 552 g/mol. The van der Waals surface area contributed by atoms with Crippen LogP contribution in [0, 0.1) is 18.3 Å². The zero-order valence-corrected chi connectivity index (χ0v) is 19.0. The number of pyridine rings is 1. The molecule has 0 radical (unpaired) electrons. The molecule has 0 spiro atoms. The average molecular weight is 554 g/mol. The van der Waals surface area contributed by atoms with Crippen LogP contribution < -0.4 is 11.1 Å². The maximum absolute atomic E-state index is 13.5. The van der Waals surface area contributed by atoms with E-state index in [9.17, 15) is 18.4 Å². The van der Waals surface area contributed by atoms with E-state index in [1.165, 1.54) is 6.07 Å². The number of halogens is 5. The van der Waals surface area contributed by atoms with Gasteiger partial charge >= 0.3 is 6.18 Å². The fourth-order valence-corrected chi connectivity index (χ4v) is 4.01. The molecule has 158 valence electrons. The molecule has 0 fully saturated rings. The highest BCUT2D eigenvalue weighted by Gasteiger charge is 2.35. The fraction of sp³-hybridized carbons (Fsp3) is 0.100. The first-order valence-corrected chi connectivity index (χ1v) is 10.2. The van der Waals surface area contributed by atoms with E-state index >= 15 is 0 Å². The van der Waals surface area contributed by atoms with Gasteiger partial charge in [-0.3, -0.25) is 0 Å². The molecule has 1 heterocycles. The van der Waals surface area contributed by atoms with Crippen LogP contribution in [-0.4, -0.2) is 4.98 Å². The molecule has 11 heteroatoms. The predicted molar refractivity (Wildman–Crippen MR) is 119 cm³/mol. The van der Waals surface area contributed by atoms with Gasteiger partial charge in [0.25, 0.3) is 0 Å². The van der Waals surface area contributed by atoms with E-state index in [1.54, 1.807) is 31.2 Å². The number of nitrogens with one attached hydrogen (secondary N) is 1. The van der Waals surface area contributed by atoms with Gasteiger partial charge in [-0.1, -0.05) is 34.1 Å². The lowest BCUT2D eigenvalue weighted by Gasteiger charge is -2.14. The predicted octanol–water partition coefficient (Wildman–Crippen LogP) is 7.55. The summed E-state index contributed by atoms with van der Waals surface area (Å²) in [5.41, 5.74) is 5.64. The Morgan fingerprint density at radius 3 is 2.35 bits per heavy atom. The normalized spacial score (nSPS) is 11.5. The number of para-hydroxylation sites is 1. The van der Waals surface area contributed by atoms with Gasteiger partial charge in [0.05, 0.1) is 11.1 Å². The second-order valence-electron chi connectivity index (χ2n) is 6.28. The quantitative estimate of drug-likeness (QED) is 0.326. The van der Waals surface area contributed by atoms with Crippen molar-refractivity contribution in [2.45, 2.75) is 13.1 Å². The molecule has 1 aromatic heterocycles. The van der Waals surface area contributed by atoms with Crippen LogP contribution >= 0.6 is 31.9 Å². The molecule has 3 N–H and O–H groups in total. The Bertz CT molecular complexity index is 1200. The summed E-state index contributed by atoms with van der Waals surface area (Å²) in [5, 5.41) is 20.3. The third-order valence-electron chi connectivity index (χ3n) is 4.17. The zero-order chi connectivity index (χ0) is 22.8. The molecule has 0 saturated carbocycles. The Balaban J connectivity index is 2.18. The van der Waals surface area contributed by atoms with Gasteiger partial charge in [-0.15, -0.1) is 10.2 Å². The molecule has 3 aromatic rings. The number of nitrogen functional groups attached to an aromatic ring is 1. The molecule has 0 aliphatic carbocycles. The molecular formula is C20H13Br2F3N6. The van der Waals surface area contributed by atoms with Crippen molar-refractivity contribution >= 4 is 60.6 Å². The second kappa shape index (κ2) is 9.03. The average Bonchev–Trinajstić information content (AvgIpc) is 2.69. The van der Waals surface area contributed by atoms with Gasteiger partial charge < -0.3 is 11.1 Å². The summed E-state index contributed by atoms with van der Waals surface area (Å²) >= 11 is 6.16. The summed E-state index contributed by atoms with van der Waals surface area (Å²) in [6.45, 7) is 1.57. The van der Waals surface area contributed by atoms with Crippen molar-refractivity contribution in [2.24, 2.45) is 10.2 Å². The largest absolute Gasteiger partial charge is 0.418 e. The van der Waals surface area contributed by atoms with Crippen LogP contribution in [0.1, 0.15) is 16.7 Å². The van der Waals surface area contributed by atoms with Gasteiger partial charge in [-0.25, -0.2) is 4.98 Å². The van der Waals surface area contributed by atoms with Crippen LogP contribution in [0.25, 0.3) is 0 Å². The maximum Gasteiger partial charge on any atom is 0.418 e. The molecule has 0 saturated heterocycles. The van der Waals surface area contributed by atoms with Crippen molar-refractivity contribution in [3.63, 3.8) is 0 Å². The van der Waals surface area contributed by atoms with Crippen molar-refractivity contribution in [1.29, 1.82) is 5.26 Å². The Labute approximate surface area is 192 Å². The maximum atomic E-state index is 13.5. The van der Waals surface area contributed by atoms with Crippen molar-refractivity contribution in [3.05, 3.63) is 68.1 Å². The SMILES string of the molecule is Cc1c(C#N)c(N)nc(Nc2ccccc2)c1/N=N/c1c(Br)cc(Br)cc1C(F)(F)F. The van der Waals surface area contributed by atoms with E-state index in [1.807, 2.05) is 12.1 Å². The van der Waals surface area contributed by atoms with Crippen molar-refractivity contribution in [2.75, 3.05) is 11.1 Å². The van der Waals surface area contributed by atoms with Gasteiger partial charge in [0, 0.05) is 20.2 Å². The number of anilines is 3. The van der Waals surface area contributed by atoms with Gasteiger partial charge in [-0.05, 0) is 47.1 Å². The number of rotatable bonds is 4. The van der Waals surface area contributed by atoms with E-state index in [-0.39, 0.29) is 31.8 Å². The number of nitrogens with two attached hydrogens (primary N) is 1. The summed E-state index contributed by atoms with van der Waals surface area (Å²) < 4.78 is 40.9. The minimum absolute atomic E-state index is 0.0295. The summed E-state index contributed by atoms with van der Waals surface area (Å²) in [7, 11) is 0. The Morgan fingerprint density at radius 1 is 1.10 bits per heavy atom. The highest BCUT2D eigenvalue weighted by Crippen LogP contribution is 2.44. The molecule has 0 bridgehead atoms. The number of aromatic nitrogens is 1. The van der Waals surface area contributed by atoms with E-state index in [2.05, 4.69) is 52.4 Å². The second-order valence-corrected chi connectivity index (χ2v) is 8.05. The third-order valence-corrected chi connectivity index (χ3v) is 5.24. The Hall–Kier alpha value is -2.97. The van der Waals surface area contributed by atoms with Gasteiger partial charge in [0.15, 0.2) is 5.82 Å². The molecule has 6 nitrogen and oxygen atoms in total. The highest BCUT2D eigenvalue weighted by atomic mass is 79.9. The van der Waals surface area contributed by atoms with Crippen LogP contribution in [0.15, 0.2) is 61.6 Å². The van der Waals surface area contributed by atoms with Crippen molar-refractivity contribution in [1.82, 2.24) is 4.98 Å². The van der Waals surface area contributed by atoms with Crippen LogP contribution in [0.3, 0.4) is 0 Å². The first-order chi connectivity index (χ1) is 14.6.